The van der Waals surface area contributed by atoms with Crippen LogP contribution in [-0.2, 0) is 0 Å². The molecule has 0 heterocycles. The van der Waals surface area contributed by atoms with Gasteiger partial charge in [0.25, 0.3) is 14.1 Å². The lowest BCUT2D eigenvalue weighted by Gasteiger charge is -2.30. The van der Waals surface area contributed by atoms with Crippen molar-refractivity contribution in [2.45, 2.75) is 127 Å². The number of hydrogen-bond donors (Lipinski definition) is 0. The molecule has 0 radical (unpaired) electrons. The minimum absolute atomic E-state index is 0.467. The van der Waals surface area contributed by atoms with E-state index in [-0.39, 0.29) is 0 Å². The standard InChI is InChI=1S/C9H20N.2C6H13.Al/c1-6-7-10(8(2)3)9(4)5;2*1-3-5-6-4-2;/h8-9H,1,6-7H2,2-5H3;2*1,3-6H2,2H3;. The first-order chi connectivity index (χ1) is 11.0. The smallest absolute Gasteiger partial charge is 0.261 e. The Hall–Kier alpha value is 0.492. The van der Waals surface area contributed by atoms with Crippen molar-refractivity contribution in [1.29, 1.82) is 0 Å². The zero-order valence-electron chi connectivity index (χ0n) is 17.4. The molecule has 0 saturated carbocycles. The highest BCUT2D eigenvalue weighted by molar-refractivity contribution is 6.58. The summed E-state index contributed by atoms with van der Waals surface area (Å²) in [6.45, 7) is 15.4. The van der Waals surface area contributed by atoms with Crippen molar-refractivity contribution in [2.75, 3.05) is 6.54 Å². The van der Waals surface area contributed by atoms with Crippen LogP contribution in [0.25, 0.3) is 0 Å². The van der Waals surface area contributed by atoms with Crippen LogP contribution >= 0.6 is 0 Å². The molecule has 0 aromatic heterocycles. The van der Waals surface area contributed by atoms with Gasteiger partial charge in [-0.3, -0.25) is 4.90 Å². The van der Waals surface area contributed by atoms with Crippen molar-refractivity contribution in [3.05, 3.63) is 0 Å². The molecule has 0 unspecified atom stereocenters. The van der Waals surface area contributed by atoms with Gasteiger partial charge in [0.15, 0.2) is 0 Å². The molecule has 0 rings (SSSR count). The zero-order valence-corrected chi connectivity index (χ0v) is 18.5. The molecular formula is C21H46AlN. The molecule has 0 amide bonds. The van der Waals surface area contributed by atoms with Crippen molar-refractivity contribution >= 4 is 14.1 Å². The topological polar surface area (TPSA) is 3.24 Å². The molecule has 0 aromatic rings. The van der Waals surface area contributed by atoms with Crippen LogP contribution in [0.2, 0.25) is 15.8 Å². The van der Waals surface area contributed by atoms with Crippen LogP contribution in [0.1, 0.15) is 99.3 Å². The third kappa shape index (κ3) is 13.5. The van der Waals surface area contributed by atoms with Gasteiger partial charge < -0.3 is 0 Å². The molecule has 0 aliphatic carbocycles. The van der Waals surface area contributed by atoms with Gasteiger partial charge in [-0.1, -0.05) is 87.5 Å². The third-order valence-electron chi connectivity index (χ3n) is 5.29. The lowest BCUT2D eigenvalue weighted by Crippen LogP contribution is -2.38. The molecule has 2 heteroatoms. The summed E-state index contributed by atoms with van der Waals surface area (Å²) >= 11 is -0.467. The summed E-state index contributed by atoms with van der Waals surface area (Å²) < 4.78 is 0. The highest BCUT2D eigenvalue weighted by atomic mass is 27.2. The minimum atomic E-state index is -0.467. The van der Waals surface area contributed by atoms with Crippen LogP contribution in [0.3, 0.4) is 0 Å². The molecule has 0 atom stereocenters. The molecule has 0 fully saturated rings. The third-order valence-corrected chi connectivity index (χ3v) is 8.96. The number of nitrogens with zero attached hydrogens (tertiary/aromatic N) is 1. The molecule has 23 heavy (non-hydrogen) atoms. The predicted octanol–water partition coefficient (Wildman–Crippen LogP) is 7.15. The van der Waals surface area contributed by atoms with Gasteiger partial charge in [-0.05, 0) is 34.2 Å². The maximum Gasteiger partial charge on any atom is 0.261 e. The molecule has 0 aromatic carbocycles. The zero-order chi connectivity index (χ0) is 17.5. The van der Waals surface area contributed by atoms with E-state index in [1.165, 1.54) is 64.3 Å². The molecule has 138 valence electrons. The van der Waals surface area contributed by atoms with E-state index in [0.29, 0.717) is 12.1 Å². The van der Waals surface area contributed by atoms with Gasteiger partial charge in [0.05, 0.1) is 0 Å². The second-order valence-electron chi connectivity index (χ2n) is 8.13. The highest BCUT2D eigenvalue weighted by Gasteiger charge is 2.18. The number of hydrogen-bond acceptors (Lipinski definition) is 1. The molecule has 0 aliphatic heterocycles. The maximum atomic E-state index is 2.68. The van der Waals surface area contributed by atoms with Crippen molar-refractivity contribution in [3.63, 3.8) is 0 Å². The Morgan fingerprint density at radius 1 is 0.609 bits per heavy atom. The predicted molar refractivity (Wildman–Crippen MR) is 110 cm³/mol. The fraction of sp³-hybridized carbons (Fsp3) is 1.00. The maximum absolute atomic E-state index is 2.68. The van der Waals surface area contributed by atoms with Gasteiger partial charge in [-0.25, -0.2) is 0 Å². The molecule has 0 N–H and O–H groups in total. The quantitative estimate of drug-likeness (QED) is 0.213. The normalized spacial score (nSPS) is 11.9. The first-order valence-corrected chi connectivity index (χ1v) is 13.2. The Kier molecular flexibility index (Phi) is 16.3. The van der Waals surface area contributed by atoms with E-state index in [1.54, 1.807) is 15.8 Å². The summed E-state index contributed by atoms with van der Waals surface area (Å²) in [5.74, 6) is 0. The molecule has 0 aliphatic rings. The first kappa shape index (κ1) is 23.5. The average Bonchev–Trinajstić information content (AvgIpc) is 2.50. The van der Waals surface area contributed by atoms with Crippen LogP contribution in [0, 0.1) is 0 Å². The molecular weight excluding hydrogens is 293 g/mol. The van der Waals surface area contributed by atoms with E-state index < -0.39 is 14.1 Å². The fourth-order valence-corrected chi connectivity index (χ4v) is 7.19. The van der Waals surface area contributed by atoms with Crippen LogP contribution in [0.5, 0.6) is 0 Å². The van der Waals surface area contributed by atoms with E-state index in [1.807, 2.05) is 0 Å². The van der Waals surface area contributed by atoms with Crippen molar-refractivity contribution in [1.82, 2.24) is 4.90 Å². The summed E-state index contributed by atoms with van der Waals surface area (Å²) in [5.41, 5.74) is 0. The van der Waals surface area contributed by atoms with Crippen LogP contribution < -0.4 is 0 Å². The summed E-state index contributed by atoms with van der Waals surface area (Å²) in [5, 5.41) is 4.83. The summed E-state index contributed by atoms with van der Waals surface area (Å²) in [4.78, 5) is 2.68. The second kappa shape index (κ2) is 16.0. The Morgan fingerprint density at radius 2 is 1.04 bits per heavy atom. The molecule has 0 saturated heterocycles. The first-order valence-electron chi connectivity index (χ1n) is 10.8. The Bertz CT molecular complexity index is 220. The lowest BCUT2D eigenvalue weighted by molar-refractivity contribution is 0.175. The second-order valence-corrected chi connectivity index (χ2v) is 11.6. The Morgan fingerprint density at radius 3 is 1.43 bits per heavy atom. The van der Waals surface area contributed by atoms with Gasteiger partial charge >= 0.3 is 0 Å². The van der Waals surface area contributed by atoms with Crippen molar-refractivity contribution in [3.8, 4) is 0 Å². The van der Waals surface area contributed by atoms with E-state index in [4.69, 9.17) is 0 Å². The van der Waals surface area contributed by atoms with Gasteiger partial charge in [-0.2, -0.15) is 0 Å². The Balaban J connectivity index is 4.10. The lowest BCUT2D eigenvalue weighted by atomic mass is 10.2. The molecule has 0 bridgehead atoms. The molecule has 0 spiro atoms. The summed E-state index contributed by atoms with van der Waals surface area (Å²) in [6.07, 6.45) is 13.1. The monoisotopic (exact) mass is 339 g/mol. The van der Waals surface area contributed by atoms with E-state index in [9.17, 15) is 0 Å². The van der Waals surface area contributed by atoms with Crippen LogP contribution in [0.4, 0.5) is 0 Å². The largest absolute Gasteiger partial charge is 0.299 e. The van der Waals surface area contributed by atoms with Gasteiger partial charge in [0, 0.05) is 12.1 Å². The number of unbranched alkanes of at least 4 members (excludes halogenated alkanes) is 6. The summed E-state index contributed by atoms with van der Waals surface area (Å²) in [7, 11) is 0. The van der Waals surface area contributed by atoms with E-state index >= 15 is 0 Å². The van der Waals surface area contributed by atoms with Gasteiger partial charge in [-0.15, -0.1) is 0 Å². The highest BCUT2D eigenvalue weighted by Crippen LogP contribution is 2.19. The fourth-order valence-electron chi connectivity index (χ4n) is 3.83. The SMILES string of the molecule is CCCCC[CH2][Al]([CH2]CCCCC)[CH2]CCN(C(C)C)C(C)C. The van der Waals surface area contributed by atoms with Gasteiger partial charge in [0.1, 0.15) is 0 Å². The number of rotatable bonds is 16. The van der Waals surface area contributed by atoms with E-state index in [2.05, 4.69) is 46.4 Å². The van der Waals surface area contributed by atoms with E-state index in [0.717, 1.165) is 0 Å². The summed E-state index contributed by atoms with van der Waals surface area (Å²) in [6, 6.07) is 1.40. The molecule has 1 nitrogen and oxygen atoms in total. The van der Waals surface area contributed by atoms with Crippen molar-refractivity contribution < 1.29 is 0 Å². The minimum Gasteiger partial charge on any atom is -0.299 e. The van der Waals surface area contributed by atoms with Crippen LogP contribution in [-0.4, -0.2) is 37.7 Å². The van der Waals surface area contributed by atoms with Crippen molar-refractivity contribution in [2.24, 2.45) is 0 Å². The van der Waals surface area contributed by atoms with Gasteiger partial charge in [0.2, 0.25) is 0 Å². The average molecular weight is 340 g/mol. The Labute approximate surface area is 153 Å². The van der Waals surface area contributed by atoms with Crippen LogP contribution in [0.15, 0.2) is 0 Å².